The average molecular weight is 335 g/mol. The highest BCUT2D eigenvalue weighted by atomic mass is 79.9. The standard InChI is InChI=1S/C12H23BrN4S/c1-9(2)18-8-11(14)12-10(13)7-15-17(12)6-5-16(3)4/h7,9,11H,5-6,8,14H2,1-4H3. The second kappa shape index (κ2) is 7.53. The zero-order valence-electron chi connectivity index (χ0n) is 11.6. The second-order valence-electron chi connectivity index (χ2n) is 4.89. The van der Waals surface area contributed by atoms with Crippen LogP contribution in [0.25, 0.3) is 0 Å². The summed E-state index contributed by atoms with van der Waals surface area (Å²) in [5.41, 5.74) is 7.37. The minimum Gasteiger partial charge on any atom is -0.322 e. The molecular weight excluding hydrogens is 312 g/mol. The zero-order valence-corrected chi connectivity index (χ0v) is 14.0. The first kappa shape index (κ1) is 16.0. The monoisotopic (exact) mass is 334 g/mol. The molecule has 0 bridgehead atoms. The molecule has 0 radical (unpaired) electrons. The van der Waals surface area contributed by atoms with Crippen molar-refractivity contribution < 1.29 is 0 Å². The van der Waals surface area contributed by atoms with Crippen LogP contribution in [0.3, 0.4) is 0 Å². The summed E-state index contributed by atoms with van der Waals surface area (Å²) in [4.78, 5) is 2.15. The molecule has 18 heavy (non-hydrogen) atoms. The molecule has 0 spiro atoms. The van der Waals surface area contributed by atoms with Gasteiger partial charge in [0.25, 0.3) is 0 Å². The summed E-state index contributed by atoms with van der Waals surface area (Å²) in [6.07, 6.45) is 1.84. The van der Waals surface area contributed by atoms with Gasteiger partial charge in [0, 0.05) is 12.3 Å². The molecular formula is C12H23BrN4S. The first-order valence-electron chi connectivity index (χ1n) is 6.15. The average Bonchev–Trinajstić information content (AvgIpc) is 2.64. The van der Waals surface area contributed by atoms with Crippen LogP contribution in [-0.4, -0.2) is 46.3 Å². The van der Waals surface area contributed by atoms with E-state index in [1.807, 2.05) is 22.6 Å². The van der Waals surface area contributed by atoms with Gasteiger partial charge >= 0.3 is 0 Å². The van der Waals surface area contributed by atoms with E-state index in [4.69, 9.17) is 5.73 Å². The first-order chi connectivity index (χ1) is 8.41. The summed E-state index contributed by atoms with van der Waals surface area (Å²) < 4.78 is 3.02. The summed E-state index contributed by atoms with van der Waals surface area (Å²) >= 11 is 5.43. The van der Waals surface area contributed by atoms with E-state index in [1.54, 1.807) is 0 Å². The maximum Gasteiger partial charge on any atom is 0.0702 e. The normalized spacial score (nSPS) is 13.6. The lowest BCUT2D eigenvalue weighted by Gasteiger charge is -2.17. The van der Waals surface area contributed by atoms with Gasteiger partial charge in [-0.15, -0.1) is 0 Å². The molecule has 0 saturated heterocycles. The summed E-state index contributed by atoms with van der Waals surface area (Å²) in [6, 6.07) is 0.0245. The molecule has 104 valence electrons. The second-order valence-corrected chi connectivity index (χ2v) is 7.36. The highest BCUT2D eigenvalue weighted by Gasteiger charge is 2.17. The van der Waals surface area contributed by atoms with Crippen LogP contribution in [0.15, 0.2) is 10.7 Å². The Hall–Kier alpha value is -0.0400. The molecule has 2 N–H and O–H groups in total. The number of rotatable bonds is 7. The molecule has 4 nitrogen and oxygen atoms in total. The molecule has 1 rings (SSSR count). The van der Waals surface area contributed by atoms with E-state index < -0.39 is 0 Å². The van der Waals surface area contributed by atoms with Gasteiger partial charge in [0.2, 0.25) is 0 Å². The SMILES string of the molecule is CC(C)SCC(N)c1c(Br)cnn1CCN(C)C. The molecule has 0 aliphatic carbocycles. The van der Waals surface area contributed by atoms with Gasteiger partial charge in [-0.25, -0.2) is 0 Å². The van der Waals surface area contributed by atoms with Crippen LogP contribution in [0.2, 0.25) is 0 Å². The van der Waals surface area contributed by atoms with Gasteiger partial charge in [0.05, 0.1) is 29.0 Å². The van der Waals surface area contributed by atoms with Crippen molar-refractivity contribution in [2.75, 3.05) is 26.4 Å². The molecule has 1 heterocycles. The van der Waals surface area contributed by atoms with Crippen LogP contribution in [-0.2, 0) is 6.54 Å². The predicted molar refractivity (Wildman–Crippen MR) is 83.0 cm³/mol. The number of aromatic nitrogens is 2. The topological polar surface area (TPSA) is 47.1 Å². The predicted octanol–water partition coefficient (Wildman–Crippen LogP) is 2.35. The zero-order chi connectivity index (χ0) is 13.7. The largest absolute Gasteiger partial charge is 0.322 e. The highest BCUT2D eigenvalue weighted by Crippen LogP contribution is 2.25. The Balaban J connectivity index is 2.70. The van der Waals surface area contributed by atoms with Crippen molar-refractivity contribution in [2.45, 2.75) is 31.7 Å². The molecule has 0 aromatic carbocycles. The van der Waals surface area contributed by atoms with Gasteiger partial charge in [-0.1, -0.05) is 13.8 Å². The molecule has 1 atom stereocenters. The van der Waals surface area contributed by atoms with Gasteiger partial charge in [0.15, 0.2) is 0 Å². The third kappa shape index (κ3) is 4.91. The summed E-state index contributed by atoms with van der Waals surface area (Å²) in [5.74, 6) is 0.921. The highest BCUT2D eigenvalue weighted by molar-refractivity contribution is 9.10. The molecule has 1 unspecified atom stereocenters. The van der Waals surface area contributed by atoms with E-state index in [2.05, 4.69) is 53.9 Å². The number of hydrogen-bond donors (Lipinski definition) is 1. The molecule has 1 aromatic heterocycles. The summed E-state index contributed by atoms with van der Waals surface area (Å²) in [7, 11) is 4.12. The first-order valence-corrected chi connectivity index (χ1v) is 7.99. The Kier molecular flexibility index (Phi) is 6.70. The quantitative estimate of drug-likeness (QED) is 0.831. The van der Waals surface area contributed by atoms with E-state index in [-0.39, 0.29) is 6.04 Å². The van der Waals surface area contributed by atoms with Crippen LogP contribution >= 0.6 is 27.7 Å². The van der Waals surface area contributed by atoms with E-state index in [9.17, 15) is 0 Å². The van der Waals surface area contributed by atoms with Crippen LogP contribution in [0.1, 0.15) is 25.6 Å². The fourth-order valence-electron chi connectivity index (χ4n) is 1.59. The van der Waals surface area contributed by atoms with Gasteiger partial charge < -0.3 is 10.6 Å². The minimum atomic E-state index is 0.0245. The van der Waals surface area contributed by atoms with Crippen molar-refractivity contribution in [3.8, 4) is 0 Å². The van der Waals surface area contributed by atoms with E-state index in [0.717, 1.165) is 29.0 Å². The van der Waals surface area contributed by atoms with E-state index in [1.165, 1.54) is 0 Å². The molecule has 0 aliphatic heterocycles. The van der Waals surface area contributed by atoms with Crippen molar-refractivity contribution in [3.63, 3.8) is 0 Å². The van der Waals surface area contributed by atoms with E-state index >= 15 is 0 Å². The fraction of sp³-hybridized carbons (Fsp3) is 0.750. The van der Waals surface area contributed by atoms with Crippen LogP contribution in [0.5, 0.6) is 0 Å². The number of halogens is 1. The Bertz CT molecular complexity index is 365. The third-order valence-corrected chi connectivity index (χ3v) is 4.38. The Morgan fingerprint density at radius 2 is 2.17 bits per heavy atom. The van der Waals surface area contributed by atoms with Crippen LogP contribution < -0.4 is 5.73 Å². The molecule has 6 heteroatoms. The van der Waals surface area contributed by atoms with Gasteiger partial charge in [-0.05, 0) is 35.3 Å². The number of nitrogens with two attached hydrogens (primary N) is 1. The number of hydrogen-bond acceptors (Lipinski definition) is 4. The lowest BCUT2D eigenvalue weighted by molar-refractivity contribution is 0.367. The van der Waals surface area contributed by atoms with Crippen molar-refractivity contribution in [1.29, 1.82) is 0 Å². The minimum absolute atomic E-state index is 0.0245. The molecule has 1 aromatic rings. The third-order valence-electron chi connectivity index (χ3n) is 2.55. The maximum atomic E-state index is 6.27. The molecule has 0 fully saturated rings. The number of thioether (sulfide) groups is 1. The van der Waals surface area contributed by atoms with Gasteiger partial charge in [0.1, 0.15) is 0 Å². The number of nitrogens with zero attached hydrogens (tertiary/aromatic N) is 3. The van der Waals surface area contributed by atoms with Crippen molar-refractivity contribution >= 4 is 27.7 Å². The summed E-state index contributed by atoms with van der Waals surface area (Å²) in [6.45, 7) is 6.21. The van der Waals surface area contributed by atoms with Gasteiger partial charge in [-0.2, -0.15) is 16.9 Å². The molecule has 0 aliphatic rings. The van der Waals surface area contributed by atoms with Crippen LogP contribution in [0, 0.1) is 0 Å². The van der Waals surface area contributed by atoms with E-state index in [0.29, 0.717) is 5.25 Å². The van der Waals surface area contributed by atoms with Crippen molar-refractivity contribution in [1.82, 2.24) is 14.7 Å². The molecule has 0 amide bonds. The van der Waals surface area contributed by atoms with Crippen molar-refractivity contribution in [3.05, 3.63) is 16.4 Å². The summed E-state index contributed by atoms with van der Waals surface area (Å²) in [5, 5.41) is 4.99. The number of likely N-dealkylation sites (N-methyl/N-ethyl adjacent to an activating group) is 1. The Morgan fingerprint density at radius 3 is 2.72 bits per heavy atom. The maximum absolute atomic E-state index is 6.27. The smallest absolute Gasteiger partial charge is 0.0702 e. The van der Waals surface area contributed by atoms with Crippen LogP contribution in [0.4, 0.5) is 0 Å². The van der Waals surface area contributed by atoms with Gasteiger partial charge in [-0.3, -0.25) is 4.68 Å². The Morgan fingerprint density at radius 1 is 1.50 bits per heavy atom. The fourth-order valence-corrected chi connectivity index (χ4v) is 2.93. The van der Waals surface area contributed by atoms with Crippen molar-refractivity contribution in [2.24, 2.45) is 5.73 Å². The molecule has 0 saturated carbocycles. The Labute approximate surface area is 122 Å². The lowest BCUT2D eigenvalue weighted by atomic mass is 10.2. The lowest BCUT2D eigenvalue weighted by Crippen LogP contribution is -2.24.